The van der Waals surface area contributed by atoms with Crippen LogP contribution in [0.3, 0.4) is 0 Å². The van der Waals surface area contributed by atoms with E-state index in [4.69, 9.17) is 0 Å². The van der Waals surface area contributed by atoms with Crippen LogP contribution in [0.25, 0.3) is 0 Å². The average molecular weight is 215 g/mol. The molecular weight excluding hydrogens is 194 g/mol. The lowest BCUT2D eigenvalue weighted by Crippen LogP contribution is -2.50. The fourth-order valence-corrected chi connectivity index (χ4v) is 3.83. The minimum atomic E-state index is 0.542. The first-order valence-electron chi connectivity index (χ1n) is 6.50. The van der Waals surface area contributed by atoms with Gasteiger partial charge in [-0.05, 0) is 37.8 Å². The molecule has 1 heterocycles. The van der Waals surface area contributed by atoms with Gasteiger partial charge >= 0.3 is 0 Å². The van der Waals surface area contributed by atoms with Crippen LogP contribution in [-0.2, 0) is 0 Å². The zero-order valence-electron chi connectivity index (χ0n) is 10.3. The van der Waals surface area contributed by atoms with E-state index in [1.807, 2.05) is 0 Å². The first kappa shape index (κ1) is 10.3. The summed E-state index contributed by atoms with van der Waals surface area (Å²) >= 11 is 0. The molecule has 0 aromatic heterocycles. The maximum absolute atomic E-state index is 2.62. The van der Waals surface area contributed by atoms with Crippen molar-refractivity contribution < 1.29 is 0 Å². The number of hydrogen-bond donors (Lipinski definition) is 0. The van der Waals surface area contributed by atoms with Crippen LogP contribution < -0.4 is 0 Å². The van der Waals surface area contributed by atoms with Gasteiger partial charge in [-0.2, -0.15) is 0 Å². The molecule has 1 aliphatic heterocycles. The number of rotatable bonds is 1. The molecule has 1 saturated carbocycles. The Labute approximate surface area is 98.5 Å². The lowest BCUT2D eigenvalue weighted by atomic mass is 9.66. The van der Waals surface area contributed by atoms with E-state index in [2.05, 4.69) is 49.2 Å². The van der Waals surface area contributed by atoms with Crippen molar-refractivity contribution in [3.8, 4) is 0 Å². The lowest BCUT2D eigenvalue weighted by Gasteiger charge is -2.47. The molecule has 2 atom stereocenters. The van der Waals surface area contributed by atoms with Crippen molar-refractivity contribution in [1.82, 2.24) is 4.90 Å². The summed E-state index contributed by atoms with van der Waals surface area (Å²) in [7, 11) is 2.32. The Bertz CT molecular complexity index is 366. The monoisotopic (exact) mass is 215 g/mol. The van der Waals surface area contributed by atoms with E-state index in [9.17, 15) is 0 Å². The van der Waals surface area contributed by atoms with E-state index < -0.39 is 0 Å². The first-order valence-corrected chi connectivity index (χ1v) is 6.50. The van der Waals surface area contributed by atoms with Gasteiger partial charge < -0.3 is 0 Å². The van der Waals surface area contributed by atoms with Crippen molar-refractivity contribution in [2.45, 2.75) is 37.6 Å². The van der Waals surface area contributed by atoms with Crippen molar-refractivity contribution in [1.29, 1.82) is 0 Å². The predicted octanol–water partition coefficient (Wildman–Crippen LogP) is 3.27. The molecule has 1 aromatic carbocycles. The number of hydrogen-bond acceptors (Lipinski definition) is 1. The zero-order chi connectivity index (χ0) is 11.2. The van der Waals surface area contributed by atoms with Gasteiger partial charge in [0.05, 0.1) is 0 Å². The number of nitrogens with zero attached hydrogens (tertiary/aromatic N) is 1. The third-order valence-corrected chi connectivity index (χ3v) is 5.13. The topological polar surface area (TPSA) is 3.24 Å². The van der Waals surface area contributed by atoms with Crippen LogP contribution in [-0.4, -0.2) is 24.0 Å². The third-order valence-electron chi connectivity index (χ3n) is 5.13. The minimum absolute atomic E-state index is 0.542. The van der Waals surface area contributed by atoms with Gasteiger partial charge in [0, 0.05) is 18.0 Å². The van der Waals surface area contributed by atoms with Crippen molar-refractivity contribution in [3.63, 3.8) is 0 Å². The molecule has 2 fully saturated rings. The van der Waals surface area contributed by atoms with Crippen LogP contribution in [0.2, 0.25) is 0 Å². The van der Waals surface area contributed by atoms with Crippen LogP contribution in [0.15, 0.2) is 30.3 Å². The normalized spacial score (nSPS) is 32.9. The summed E-state index contributed by atoms with van der Waals surface area (Å²) in [5.41, 5.74) is 2.08. The molecule has 1 spiro atoms. The van der Waals surface area contributed by atoms with E-state index >= 15 is 0 Å². The molecule has 0 bridgehead atoms. The highest BCUT2D eigenvalue weighted by atomic mass is 15.2. The van der Waals surface area contributed by atoms with Crippen LogP contribution in [0.1, 0.15) is 37.7 Å². The van der Waals surface area contributed by atoms with E-state index in [1.165, 1.54) is 31.4 Å². The SMILES string of the molecule is CC1C(c2ccccc2)CN(C)C12CCC2. The molecule has 0 amide bonds. The minimum Gasteiger partial charge on any atom is -0.300 e. The summed E-state index contributed by atoms with van der Waals surface area (Å²) in [6, 6.07) is 11.1. The second-order valence-electron chi connectivity index (χ2n) is 5.64. The van der Waals surface area contributed by atoms with Crippen molar-refractivity contribution in [3.05, 3.63) is 35.9 Å². The van der Waals surface area contributed by atoms with Crippen LogP contribution in [0.5, 0.6) is 0 Å². The highest BCUT2D eigenvalue weighted by Crippen LogP contribution is 2.53. The molecule has 2 unspecified atom stereocenters. The second-order valence-corrected chi connectivity index (χ2v) is 5.64. The van der Waals surface area contributed by atoms with E-state index in [-0.39, 0.29) is 0 Å². The Hall–Kier alpha value is -0.820. The second kappa shape index (κ2) is 3.59. The highest BCUT2D eigenvalue weighted by molar-refractivity contribution is 5.25. The molecule has 0 N–H and O–H groups in total. The number of benzene rings is 1. The molecule has 1 aliphatic carbocycles. The van der Waals surface area contributed by atoms with Gasteiger partial charge in [0.1, 0.15) is 0 Å². The molecule has 86 valence electrons. The standard InChI is InChI=1S/C15H21N/c1-12-14(13-7-4-3-5-8-13)11-16(2)15(12)9-6-10-15/h3-5,7-8,12,14H,6,9-11H2,1-2H3. The quantitative estimate of drug-likeness (QED) is 0.695. The smallest absolute Gasteiger partial charge is 0.0238 e. The van der Waals surface area contributed by atoms with Gasteiger partial charge in [-0.1, -0.05) is 37.3 Å². The Morgan fingerprint density at radius 3 is 2.38 bits per heavy atom. The summed E-state index contributed by atoms with van der Waals surface area (Å²) in [4.78, 5) is 2.62. The molecule has 1 heteroatoms. The van der Waals surface area contributed by atoms with Crippen molar-refractivity contribution >= 4 is 0 Å². The summed E-state index contributed by atoms with van der Waals surface area (Å²) in [6.07, 6.45) is 4.25. The largest absolute Gasteiger partial charge is 0.300 e. The molecule has 0 radical (unpaired) electrons. The maximum atomic E-state index is 2.62. The van der Waals surface area contributed by atoms with Gasteiger partial charge in [0.15, 0.2) is 0 Å². The molecule has 1 saturated heterocycles. The predicted molar refractivity (Wildman–Crippen MR) is 67.6 cm³/mol. The lowest BCUT2D eigenvalue weighted by molar-refractivity contribution is 0.0457. The van der Waals surface area contributed by atoms with Crippen LogP contribution in [0, 0.1) is 5.92 Å². The van der Waals surface area contributed by atoms with Crippen molar-refractivity contribution in [2.24, 2.45) is 5.92 Å². The Kier molecular flexibility index (Phi) is 2.32. The third kappa shape index (κ3) is 1.27. The van der Waals surface area contributed by atoms with E-state index in [0.717, 1.165) is 11.8 Å². The molecule has 2 aliphatic rings. The van der Waals surface area contributed by atoms with E-state index in [0.29, 0.717) is 5.54 Å². The first-order chi connectivity index (χ1) is 7.74. The highest BCUT2D eigenvalue weighted by Gasteiger charge is 2.53. The molecule has 1 aromatic rings. The van der Waals surface area contributed by atoms with Crippen LogP contribution in [0.4, 0.5) is 0 Å². The van der Waals surface area contributed by atoms with Gasteiger partial charge in [-0.25, -0.2) is 0 Å². The van der Waals surface area contributed by atoms with Crippen LogP contribution >= 0.6 is 0 Å². The summed E-state index contributed by atoms with van der Waals surface area (Å²) in [5.74, 6) is 1.56. The fraction of sp³-hybridized carbons (Fsp3) is 0.600. The average Bonchev–Trinajstić information content (AvgIpc) is 2.51. The summed E-state index contributed by atoms with van der Waals surface area (Å²) in [6.45, 7) is 3.70. The van der Waals surface area contributed by atoms with Gasteiger partial charge in [-0.3, -0.25) is 4.90 Å². The Morgan fingerprint density at radius 1 is 1.19 bits per heavy atom. The molecule has 16 heavy (non-hydrogen) atoms. The van der Waals surface area contributed by atoms with Gasteiger partial charge in [0.2, 0.25) is 0 Å². The fourth-order valence-electron chi connectivity index (χ4n) is 3.83. The van der Waals surface area contributed by atoms with Gasteiger partial charge in [-0.15, -0.1) is 0 Å². The molecular formula is C15H21N. The van der Waals surface area contributed by atoms with E-state index in [1.54, 1.807) is 0 Å². The summed E-state index contributed by atoms with van der Waals surface area (Å²) < 4.78 is 0. The Morgan fingerprint density at radius 2 is 1.88 bits per heavy atom. The number of likely N-dealkylation sites (tertiary alicyclic amines) is 1. The zero-order valence-corrected chi connectivity index (χ0v) is 10.3. The molecule has 3 rings (SSSR count). The van der Waals surface area contributed by atoms with Gasteiger partial charge in [0.25, 0.3) is 0 Å². The Balaban J connectivity index is 1.89. The number of likely N-dealkylation sites (N-methyl/N-ethyl adjacent to an activating group) is 1. The molecule has 1 nitrogen and oxygen atoms in total. The van der Waals surface area contributed by atoms with Crippen molar-refractivity contribution in [2.75, 3.05) is 13.6 Å². The summed E-state index contributed by atoms with van der Waals surface area (Å²) in [5, 5.41) is 0. The maximum Gasteiger partial charge on any atom is 0.0238 e.